The van der Waals surface area contributed by atoms with Gasteiger partial charge in [-0.25, -0.2) is 0 Å². The fourth-order valence-corrected chi connectivity index (χ4v) is 2.43. The molecule has 1 N–H and O–H groups in total. The quantitative estimate of drug-likeness (QED) is 0.855. The van der Waals surface area contributed by atoms with Crippen LogP contribution in [-0.2, 0) is 0 Å². The molecule has 0 amide bonds. The lowest BCUT2D eigenvalue weighted by Crippen LogP contribution is -2.36. The van der Waals surface area contributed by atoms with Crippen LogP contribution in [0.4, 0.5) is 5.69 Å². The molecular weight excluding hydrogens is 212 g/mol. The Labute approximate surface area is 104 Å². The second-order valence-electron chi connectivity index (χ2n) is 4.93. The van der Waals surface area contributed by atoms with Gasteiger partial charge in [0.1, 0.15) is 0 Å². The molecule has 0 spiro atoms. The lowest BCUT2D eigenvalue weighted by molar-refractivity contribution is 0.188. The third kappa shape index (κ3) is 2.99. The Bertz CT molecular complexity index is 350. The predicted octanol–water partition coefficient (Wildman–Crippen LogP) is 1.50. The van der Waals surface area contributed by atoms with E-state index in [0.717, 1.165) is 19.6 Å². The average Bonchev–Trinajstić information content (AvgIpc) is 2.80. The third-order valence-electron chi connectivity index (χ3n) is 3.64. The minimum absolute atomic E-state index is 0.248. The molecule has 0 radical (unpaired) electrons. The van der Waals surface area contributed by atoms with Crippen LogP contribution in [-0.4, -0.2) is 49.3 Å². The number of hydrogen-bond acceptors (Lipinski definition) is 3. The second kappa shape index (κ2) is 5.52. The van der Waals surface area contributed by atoms with E-state index in [1.807, 2.05) is 0 Å². The van der Waals surface area contributed by atoms with E-state index in [-0.39, 0.29) is 6.61 Å². The molecule has 1 aromatic rings. The zero-order valence-electron chi connectivity index (χ0n) is 10.8. The maximum Gasteiger partial charge on any atom is 0.0558 e. The molecule has 1 heterocycles. The van der Waals surface area contributed by atoms with Gasteiger partial charge in [-0.05, 0) is 32.5 Å². The van der Waals surface area contributed by atoms with E-state index >= 15 is 0 Å². The molecule has 1 aliphatic heterocycles. The summed E-state index contributed by atoms with van der Waals surface area (Å²) >= 11 is 0. The maximum atomic E-state index is 8.96. The van der Waals surface area contributed by atoms with Crippen molar-refractivity contribution in [1.29, 1.82) is 0 Å². The summed E-state index contributed by atoms with van der Waals surface area (Å²) in [4.78, 5) is 4.69. The van der Waals surface area contributed by atoms with Gasteiger partial charge in [0.15, 0.2) is 0 Å². The summed E-state index contributed by atoms with van der Waals surface area (Å²) in [6.45, 7) is 5.32. The highest BCUT2D eigenvalue weighted by molar-refractivity contribution is 5.48. The molecule has 2 rings (SSSR count). The predicted molar refractivity (Wildman–Crippen MR) is 71.5 cm³/mol. The molecule has 94 valence electrons. The summed E-state index contributed by atoms with van der Waals surface area (Å²) in [6, 6.07) is 9.30. The number of aliphatic hydroxyl groups excluding tert-OH is 1. The van der Waals surface area contributed by atoms with Gasteiger partial charge in [-0.3, -0.25) is 4.90 Å². The molecule has 1 saturated heterocycles. The zero-order valence-corrected chi connectivity index (χ0v) is 10.8. The Morgan fingerprint density at radius 1 is 1.35 bits per heavy atom. The molecule has 1 aliphatic rings. The molecule has 1 unspecified atom stereocenters. The van der Waals surface area contributed by atoms with E-state index < -0.39 is 0 Å². The Morgan fingerprint density at radius 2 is 2.06 bits per heavy atom. The Balaban J connectivity index is 1.95. The fourth-order valence-electron chi connectivity index (χ4n) is 2.43. The van der Waals surface area contributed by atoms with Crippen molar-refractivity contribution in [3.05, 3.63) is 29.8 Å². The number of rotatable bonds is 4. The monoisotopic (exact) mass is 234 g/mol. The molecule has 17 heavy (non-hydrogen) atoms. The summed E-state index contributed by atoms with van der Waals surface area (Å²) in [6.07, 6.45) is 1.18. The molecule has 0 aromatic heterocycles. The summed E-state index contributed by atoms with van der Waals surface area (Å²) in [5.74, 6) is 0. The smallest absolute Gasteiger partial charge is 0.0558 e. The van der Waals surface area contributed by atoms with Crippen LogP contribution < -0.4 is 4.90 Å². The normalized spacial score (nSPS) is 20.2. The first-order chi connectivity index (χ1) is 8.20. The van der Waals surface area contributed by atoms with E-state index in [4.69, 9.17) is 5.11 Å². The highest BCUT2D eigenvalue weighted by Gasteiger charge is 2.25. The van der Waals surface area contributed by atoms with Crippen LogP contribution in [0.2, 0.25) is 0 Å². The van der Waals surface area contributed by atoms with Crippen molar-refractivity contribution in [2.75, 3.05) is 38.2 Å². The summed E-state index contributed by atoms with van der Waals surface area (Å²) in [5.41, 5.74) is 2.62. The number of hydrogen-bond donors (Lipinski definition) is 1. The summed E-state index contributed by atoms with van der Waals surface area (Å²) < 4.78 is 0. The minimum atomic E-state index is 0.248. The van der Waals surface area contributed by atoms with Gasteiger partial charge >= 0.3 is 0 Å². The van der Waals surface area contributed by atoms with E-state index in [1.165, 1.54) is 17.7 Å². The van der Waals surface area contributed by atoms with Gasteiger partial charge in [-0.2, -0.15) is 0 Å². The molecule has 3 heteroatoms. The first-order valence-corrected chi connectivity index (χ1v) is 6.33. The molecule has 1 aromatic carbocycles. The average molecular weight is 234 g/mol. The molecule has 1 fully saturated rings. The number of benzene rings is 1. The van der Waals surface area contributed by atoms with Gasteiger partial charge in [0.2, 0.25) is 0 Å². The van der Waals surface area contributed by atoms with Crippen molar-refractivity contribution < 1.29 is 5.11 Å². The van der Waals surface area contributed by atoms with Crippen molar-refractivity contribution >= 4 is 5.69 Å². The van der Waals surface area contributed by atoms with E-state index in [1.54, 1.807) is 0 Å². The second-order valence-corrected chi connectivity index (χ2v) is 4.93. The standard InChI is InChI=1S/C14H22N2O/c1-12-3-5-13(6-4-12)16-8-7-14(11-16)15(2)9-10-17/h3-6,14,17H,7-11H2,1-2H3. The zero-order chi connectivity index (χ0) is 12.3. The maximum absolute atomic E-state index is 8.96. The van der Waals surface area contributed by atoms with E-state index in [2.05, 4.69) is 48.0 Å². The highest BCUT2D eigenvalue weighted by Crippen LogP contribution is 2.22. The number of aryl methyl sites for hydroxylation is 1. The highest BCUT2D eigenvalue weighted by atomic mass is 16.3. The van der Waals surface area contributed by atoms with Crippen molar-refractivity contribution in [1.82, 2.24) is 4.90 Å². The van der Waals surface area contributed by atoms with Gasteiger partial charge in [-0.15, -0.1) is 0 Å². The largest absolute Gasteiger partial charge is 0.395 e. The van der Waals surface area contributed by atoms with Gasteiger partial charge < -0.3 is 10.0 Å². The Morgan fingerprint density at radius 3 is 2.71 bits per heavy atom. The topological polar surface area (TPSA) is 26.7 Å². The third-order valence-corrected chi connectivity index (χ3v) is 3.64. The minimum Gasteiger partial charge on any atom is -0.395 e. The number of aliphatic hydroxyl groups is 1. The van der Waals surface area contributed by atoms with E-state index in [9.17, 15) is 0 Å². The van der Waals surface area contributed by atoms with Crippen LogP contribution in [0, 0.1) is 6.92 Å². The van der Waals surface area contributed by atoms with Crippen LogP contribution in [0.25, 0.3) is 0 Å². The van der Waals surface area contributed by atoms with Crippen molar-refractivity contribution in [2.24, 2.45) is 0 Å². The van der Waals surface area contributed by atoms with Crippen LogP contribution >= 0.6 is 0 Å². The SMILES string of the molecule is Cc1ccc(N2CCC(N(C)CCO)C2)cc1. The summed E-state index contributed by atoms with van der Waals surface area (Å²) in [5, 5.41) is 8.96. The molecule has 0 bridgehead atoms. The lowest BCUT2D eigenvalue weighted by atomic mass is 10.2. The van der Waals surface area contributed by atoms with Crippen molar-refractivity contribution in [3.8, 4) is 0 Å². The Hall–Kier alpha value is -1.06. The number of likely N-dealkylation sites (N-methyl/N-ethyl adjacent to an activating group) is 1. The first kappa shape index (κ1) is 12.4. The molecular formula is C14H22N2O. The van der Waals surface area contributed by atoms with Gasteiger partial charge in [0.25, 0.3) is 0 Å². The van der Waals surface area contributed by atoms with Crippen molar-refractivity contribution in [2.45, 2.75) is 19.4 Å². The number of anilines is 1. The van der Waals surface area contributed by atoms with Crippen LogP contribution in [0.5, 0.6) is 0 Å². The molecule has 0 aliphatic carbocycles. The lowest BCUT2D eigenvalue weighted by Gasteiger charge is -2.24. The Kier molecular flexibility index (Phi) is 4.02. The van der Waals surface area contributed by atoms with Gasteiger partial charge in [0, 0.05) is 31.4 Å². The van der Waals surface area contributed by atoms with Crippen LogP contribution in [0.15, 0.2) is 24.3 Å². The number of nitrogens with zero attached hydrogens (tertiary/aromatic N) is 2. The summed E-state index contributed by atoms with van der Waals surface area (Å²) in [7, 11) is 2.10. The molecule has 0 saturated carbocycles. The first-order valence-electron chi connectivity index (χ1n) is 6.33. The molecule has 3 nitrogen and oxygen atoms in total. The van der Waals surface area contributed by atoms with E-state index in [0.29, 0.717) is 6.04 Å². The van der Waals surface area contributed by atoms with Crippen molar-refractivity contribution in [3.63, 3.8) is 0 Å². The van der Waals surface area contributed by atoms with Gasteiger partial charge in [-0.1, -0.05) is 17.7 Å². The van der Waals surface area contributed by atoms with Gasteiger partial charge in [0.05, 0.1) is 6.61 Å². The van der Waals surface area contributed by atoms with Crippen LogP contribution in [0.3, 0.4) is 0 Å². The fraction of sp³-hybridized carbons (Fsp3) is 0.571. The molecule has 1 atom stereocenters. The van der Waals surface area contributed by atoms with Crippen LogP contribution in [0.1, 0.15) is 12.0 Å².